The lowest BCUT2D eigenvalue weighted by Crippen LogP contribution is -2.14. The average molecular weight is 256 g/mol. The van der Waals surface area contributed by atoms with Crippen molar-refractivity contribution in [3.63, 3.8) is 0 Å². The van der Waals surface area contributed by atoms with Crippen molar-refractivity contribution in [3.05, 3.63) is 41.5 Å². The summed E-state index contributed by atoms with van der Waals surface area (Å²) in [6, 6.07) is 5.33. The minimum Gasteiger partial charge on any atom is -0.398 e. The van der Waals surface area contributed by atoms with E-state index in [4.69, 9.17) is 11.5 Å². The van der Waals surface area contributed by atoms with Gasteiger partial charge in [-0.15, -0.1) is 0 Å². The Bertz CT molecular complexity index is 645. The van der Waals surface area contributed by atoms with Gasteiger partial charge in [0.2, 0.25) is 0 Å². The molecule has 1 heterocycles. The minimum atomic E-state index is -0.506. The van der Waals surface area contributed by atoms with Crippen molar-refractivity contribution in [2.75, 3.05) is 5.73 Å². The molecule has 4 N–H and O–H groups in total. The van der Waals surface area contributed by atoms with Crippen molar-refractivity contribution >= 4 is 11.6 Å². The number of benzene rings is 1. The molecule has 5 heteroatoms. The molecule has 1 aliphatic carbocycles. The molecule has 0 radical (unpaired) electrons. The first kappa shape index (κ1) is 11.8. The topological polar surface area (TPSA) is 86.9 Å². The van der Waals surface area contributed by atoms with Crippen LogP contribution in [0.3, 0.4) is 0 Å². The van der Waals surface area contributed by atoms with E-state index < -0.39 is 5.91 Å². The molecule has 98 valence electrons. The van der Waals surface area contributed by atoms with E-state index in [0.717, 1.165) is 24.2 Å². The molecule has 1 aliphatic rings. The summed E-state index contributed by atoms with van der Waals surface area (Å²) >= 11 is 0. The van der Waals surface area contributed by atoms with Gasteiger partial charge in [0, 0.05) is 17.1 Å². The van der Waals surface area contributed by atoms with Gasteiger partial charge in [0.1, 0.15) is 0 Å². The van der Waals surface area contributed by atoms with Crippen molar-refractivity contribution in [2.24, 2.45) is 5.73 Å². The fraction of sp³-hybridized carbons (Fsp3) is 0.286. The molecule has 0 fully saturated rings. The van der Waals surface area contributed by atoms with E-state index in [0.29, 0.717) is 11.3 Å². The van der Waals surface area contributed by atoms with Crippen LogP contribution in [0.2, 0.25) is 0 Å². The van der Waals surface area contributed by atoms with Crippen LogP contribution in [-0.2, 0) is 12.8 Å². The Morgan fingerprint density at radius 1 is 1.26 bits per heavy atom. The number of anilines is 1. The van der Waals surface area contributed by atoms with E-state index in [1.807, 2.05) is 17.0 Å². The molecule has 1 amide bonds. The van der Waals surface area contributed by atoms with Crippen molar-refractivity contribution in [1.29, 1.82) is 0 Å². The van der Waals surface area contributed by atoms with Crippen molar-refractivity contribution in [2.45, 2.75) is 25.7 Å². The molecule has 1 aromatic heterocycles. The summed E-state index contributed by atoms with van der Waals surface area (Å²) in [5, 5.41) is 0. The molecule has 5 nitrogen and oxygen atoms in total. The number of hydrogen-bond acceptors (Lipinski definition) is 3. The number of fused-ring (bicyclic) bond motifs is 1. The summed E-state index contributed by atoms with van der Waals surface area (Å²) in [5.74, 6) is -0.506. The fourth-order valence-corrected chi connectivity index (χ4v) is 2.60. The maximum atomic E-state index is 11.3. The fourth-order valence-electron chi connectivity index (χ4n) is 2.60. The Morgan fingerprint density at radius 3 is 2.84 bits per heavy atom. The number of aromatic nitrogens is 2. The third kappa shape index (κ3) is 1.97. The Balaban J connectivity index is 2.10. The quantitative estimate of drug-likeness (QED) is 0.797. The summed E-state index contributed by atoms with van der Waals surface area (Å²) in [6.07, 6.45) is 6.23. The number of nitrogen functional groups attached to an aromatic ring is 1. The molecule has 19 heavy (non-hydrogen) atoms. The summed E-state index contributed by atoms with van der Waals surface area (Å²) in [6.45, 7) is 0. The zero-order chi connectivity index (χ0) is 13.4. The highest BCUT2D eigenvalue weighted by atomic mass is 16.1. The highest BCUT2D eigenvalue weighted by molar-refractivity contribution is 5.98. The second-order valence-electron chi connectivity index (χ2n) is 4.85. The number of aryl methyl sites for hydroxylation is 1. The third-order valence-corrected chi connectivity index (χ3v) is 3.61. The zero-order valence-electron chi connectivity index (χ0n) is 10.6. The third-order valence-electron chi connectivity index (χ3n) is 3.61. The molecular weight excluding hydrogens is 240 g/mol. The van der Waals surface area contributed by atoms with Crippen LogP contribution in [0.1, 0.15) is 34.6 Å². The van der Waals surface area contributed by atoms with Crippen LogP contribution in [0, 0.1) is 0 Å². The standard InChI is InChI=1S/C14H16N4O/c15-11-6-5-9(7-10(11)14(16)19)18-8-17-12-3-1-2-4-13(12)18/h5-8H,1-4,15H2,(H2,16,19). The molecule has 1 aromatic carbocycles. The second-order valence-corrected chi connectivity index (χ2v) is 4.85. The molecule has 0 bridgehead atoms. The molecule has 0 saturated heterocycles. The number of carbonyl (C=O) groups excluding carboxylic acids is 1. The van der Waals surface area contributed by atoms with Gasteiger partial charge in [0.15, 0.2) is 0 Å². The number of carbonyl (C=O) groups is 1. The number of rotatable bonds is 2. The van der Waals surface area contributed by atoms with Crippen LogP contribution >= 0.6 is 0 Å². The van der Waals surface area contributed by atoms with Gasteiger partial charge in [-0.3, -0.25) is 4.79 Å². The normalized spacial score (nSPS) is 14.1. The smallest absolute Gasteiger partial charge is 0.250 e. The summed E-state index contributed by atoms with van der Waals surface area (Å²) in [5.41, 5.74) is 15.1. The molecule has 3 rings (SSSR count). The first-order valence-corrected chi connectivity index (χ1v) is 6.41. The van der Waals surface area contributed by atoms with Gasteiger partial charge < -0.3 is 16.0 Å². The van der Waals surface area contributed by atoms with Crippen molar-refractivity contribution in [1.82, 2.24) is 9.55 Å². The molecular formula is C14H16N4O. The average Bonchev–Trinajstić information content (AvgIpc) is 2.83. The highest BCUT2D eigenvalue weighted by Crippen LogP contribution is 2.24. The van der Waals surface area contributed by atoms with Gasteiger partial charge in [0.05, 0.1) is 17.6 Å². The Morgan fingerprint density at radius 2 is 2.05 bits per heavy atom. The van der Waals surface area contributed by atoms with E-state index in [1.54, 1.807) is 12.1 Å². The Labute approximate surface area is 111 Å². The number of amides is 1. The zero-order valence-corrected chi connectivity index (χ0v) is 10.6. The number of nitrogens with zero attached hydrogens (tertiary/aromatic N) is 2. The lowest BCUT2D eigenvalue weighted by atomic mass is 10.0. The van der Waals surface area contributed by atoms with Crippen LogP contribution in [0.5, 0.6) is 0 Å². The predicted octanol–water partition coefficient (Wildman–Crippen LogP) is 1.43. The van der Waals surface area contributed by atoms with Gasteiger partial charge in [0.25, 0.3) is 5.91 Å². The highest BCUT2D eigenvalue weighted by Gasteiger charge is 2.17. The first-order valence-electron chi connectivity index (χ1n) is 6.41. The molecule has 0 atom stereocenters. The van der Waals surface area contributed by atoms with E-state index >= 15 is 0 Å². The molecule has 2 aromatic rings. The van der Waals surface area contributed by atoms with Gasteiger partial charge in [-0.05, 0) is 43.9 Å². The SMILES string of the molecule is NC(=O)c1cc(-n2cnc3c2CCCC3)ccc1N. The van der Waals surface area contributed by atoms with Crippen LogP contribution in [-0.4, -0.2) is 15.5 Å². The van der Waals surface area contributed by atoms with Crippen LogP contribution in [0.4, 0.5) is 5.69 Å². The predicted molar refractivity (Wildman–Crippen MR) is 73.1 cm³/mol. The maximum absolute atomic E-state index is 11.3. The molecule has 0 unspecified atom stereocenters. The Hall–Kier alpha value is -2.30. The van der Waals surface area contributed by atoms with Gasteiger partial charge in [-0.25, -0.2) is 4.98 Å². The summed E-state index contributed by atoms with van der Waals surface area (Å²) in [7, 11) is 0. The van der Waals surface area contributed by atoms with Gasteiger partial charge >= 0.3 is 0 Å². The van der Waals surface area contributed by atoms with E-state index in [2.05, 4.69) is 4.98 Å². The minimum absolute atomic E-state index is 0.357. The Kier molecular flexibility index (Phi) is 2.74. The second kappa shape index (κ2) is 4.42. The number of imidazole rings is 1. The number of primary amides is 1. The molecule has 0 saturated carbocycles. The van der Waals surface area contributed by atoms with E-state index in [1.165, 1.54) is 18.5 Å². The van der Waals surface area contributed by atoms with Gasteiger partial charge in [-0.1, -0.05) is 0 Å². The van der Waals surface area contributed by atoms with Crippen LogP contribution in [0.15, 0.2) is 24.5 Å². The molecule has 0 spiro atoms. The van der Waals surface area contributed by atoms with E-state index in [-0.39, 0.29) is 0 Å². The van der Waals surface area contributed by atoms with Crippen LogP contribution in [0.25, 0.3) is 5.69 Å². The lowest BCUT2D eigenvalue weighted by molar-refractivity contribution is 0.100. The summed E-state index contributed by atoms with van der Waals surface area (Å²) in [4.78, 5) is 15.8. The van der Waals surface area contributed by atoms with Crippen LogP contribution < -0.4 is 11.5 Å². The molecule has 0 aliphatic heterocycles. The van der Waals surface area contributed by atoms with Crippen molar-refractivity contribution in [3.8, 4) is 5.69 Å². The lowest BCUT2D eigenvalue weighted by Gasteiger charge is -2.14. The van der Waals surface area contributed by atoms with E-state index in [9.17, 15) is 4.79 Å². The van der Waals surface area contributed by atoms with Gasteiger partial charge in [-0.2, -0.15) is 0 Å². The summed E-state index contributed by atoms with van der Waals surface area (Å²) < 4.78 is 2.03. The maximum Gasteiger partial charge on any atom is 0.250 e. The largest absolute Gasteiger partial charge is 0.398 e. The first-order chi connectivity index (χ1) is 9.16. The monoisotopic (exact) mass is 256 g/mol. The van der Waals surface area contributed by atoms with Crippen molar-refractivity contribution < 1.29 is 4.79 Å². The number of nitrogens with two attached hydrogens (primary N) is 2. The number of hydrogen-bond donors (Lipinski definition) is 2.